The van der Waals surface area contributed by atoms with Crippen molar-refractivity contribution in [3.8, 4) is 5.88 Å². The number of hydrogen-bond acceptors (Lipinski definition) is 4. The molecule has 0 amide bonds. The van der Waals surface area contributed by atoms with Gasteiger partial charge in [-0.3, -0.25) is 0 Å². The lowest BCUT2D eigenvalue weighted by Gasteiger charge is -2.23. The summed E-state index contributed by atoms with van der Waals surface area (Å²) in [6.07, 6.45) is 9.38. The Kier molecular flexibility index (Phi) is 3.97. The molecule has 0 spiro atoms. The Bertz CT molecular complexity index is 429. The van der Waals surface area contributed by atoms with Crippen LogP contribution >= 0.6 is 0 Å². The summed E-state index contributed by atoms with van der Waals surface area (Å²) in [5, 5.41) is 0. The van der Waals surface area contributed by atoms with Crippen LogP contribution in [0.2, 0.25) is 0 Å². The van der Waals surface area contributed by atoms with Gasteiger partial charge in [0.05, 0.1) is 12.8 Å². The number of methoxy groups -OCH3 is 1. The summed E-state index contributed by atoms with van der Waals surface area (Å²) >= 11 is 0. The van der Waals surface area contributed by atoms with Gasteiger partial charge in [0.25, 0.3) is 0 Å². The van der Waals surface area contributed by atoms with Gasteiger partial charge in [-0.2, -0.15) is 0 Å². The van der Waals surface area contributed by atoms with Crippen LogP contribution in [0.4, 0.5) is 0 Å². The second-order valence-electron chi connectivity index (χ2n) is 5.76. The van der Waals surface area contributed by atoms with Crippen molar-refractivity contribution in [1.29, 1.82) is 0 Å². The molecule has 0 aromatic carbocycles. The van der Waals surface area contributed by atoms with Crippen LogP contribution in [-0.2, 0) is 12.8 Å². The molecule has 1 fully saturated rings. The van der Waals surface area contributed by atoms with Gasteiger partial charge in [-0.1, -0.05) is 12.8 Å². The Balaban J connectivity index is 1.66. The summed E-state index contributed by atoms with van der Waals surface area (Å²) in [5.74, 6) is 1.70. The van der Waals surface area contributed by atoms with Gasteiger partial charge < -0.3 is 9.64 Å². The largest absolute Gasteiger partial charge is 0.481 e. The van der Waals surface area contributed by atoms with Crippen LogP contribution in [0.3, 0.4) is 0 Å². The van der Waals surface area contributed by atoms with Crippen molar-refractivity contribution in [1.82, 2.24) is 14.9 Å². The molecule has 1 aromatic rings. The van der Waals surface area contributed by atoms with Crippen LogP contribution in [0.5, 0.6) is 5.88 Å². The van der Waals surface area contributed by atoms with E-state index in [1.807, 2.05) is 0 Å². The zero-order valence-electron chi connectivity index (χ0n) is 11.8. The van der Waals surface area contributed by atoms with Gasteiger partial charge in [-0.15, -0.1) is 0 Å². The maximum absolute atomic E-state index is 5.37. The van der Waals surface area contributed by atoms with Gasteiger partial charge in [0.15, 0.2) is 0 Å². The minimum atomic E-state index is 0.771. The highest BCUT2D eigenvalue weighted by Crippen LogP contribution is 2.27. The molecular weight excluding hydrogens is 238 g/mol. The quantitative estimate of drug-likeness (QED) is 0.835. The average molecular weight is 261 g/mol. The van der Waals surface area contributed by atoms with E-state index in [0.29, 0.717) is 0 Å². The monoisotopic (exact) mass is 261 g/mol. The normalized spacial score (nSPS) is 21.1. The first-order valence-corrected chi connectivity index (χ1v) is 7.46. The third-order valence-electron chi connectivity index (χ3n) is 4.52. The van der Waals surface area contributed by atoms with E-state index in [0.717, 1.165) is 37.7 Å². The molecule has 1 aliphatic carbocycles. The lowest BCUT2D eigenvalue weighted by atomic mass is 10.1. The van der Waals surface area contributed by atoms with Crippen LogP contribution in [0.25, 0.3) is 0 Å². The fourth-order valence-electron chi connectivity index (χ4n) is 3.46. The van der Waals surface area contributed by atoms with E-state index in [1.54, 1.807) is 13.4 Å². The number of hydrogen-bond donors (Lipinski definition) is 0. The highest BCUT2D eigenvalue weighted by atomic mass is 16.5. The molecule has 2 aliphatic rings. The molecule has 0 saturated heterocycles. The van der Waals surface area contributed by atoms with E-state index in [-0.39, 0.29) is 0 Å². The Hall–Kier alpha value is -1.16. The molecule has 3 rings (SSSR count). The summed E-state index contributed by atoms with van der Waals surface area (Å²) in [5.41, 5.74) is 2.40. The lowest BCUT2D eigenvalue weighted by molar-refractivity contribution is 0.241. The summed E-state index contributed by atoms with van der Waals surface area (Å²) in [6.45, 7) is 3.51. The third-order valence-corrected chi connectivity index (χ3v) is 4.52. The Morgan fingerprint density at radius 2 is 2.00 bits per heavy atom. The van der Waals surface area contributed by atoms with E-state index in [4.69, 9.17) is 4.74 Å². The van der Waals surface area contributed by atoms with E-state index >= 15 is 0 Å². The lowest BCUT2D eigenvalue weighted by Crippen LogP contribution is -2.31. The van der Waals surface area contributed by atoms with Crippen LogP contribution in [-0.4, -0.2) is 41.6 Å². The Morgan fingerprint density at radius 1 is 1.21 bits per heavy atom. The van der Waals surface area contributed by atoms with Crippen molar-refractivity contribution in [3.63, 3.8) is 0 Å². The smallest absolute Gasteiger partial charge is 0.219 e. The summed E-state index contributed by atoms with van der Waals surface area (Å²) in [7, 11) is 1.70. The number of fused-ring (bicyclic) bond motifs is 1. The van der Waals surface area contributed by atoms with Gasteiger partial charge in [0.2, 0.25) is 5.88 Å². The van der Waals surface area contributed by atoms with E-state index in [9.17, 15) is 0 Å². The zero-order valence-corrected chi connectivity index (χ0v) is 11.8. The highest BCUT2D eigenvalue weighted by molar-refractivity contribution is 5.31. The molecule has 19 heavy (non-hydrogen) atoms. The van der Waals surface area contributed by atoms with Gasteiger partial charge >= 0.3 is 0 Å². The Labute approximate surface area is 115 Å². The SMILES string of the molecule is COc1ncnc2c1CCN(CC1CCCC1)CC2. The maximum atomic E-state index is 5.37. The molecular formula is C15H23N3O. The third kappa shape index (κ3) is 2.89. The molecule has 0 N–H and O–H groups in total. The molecule has 1 aromatic heterocycles. The average Bonchev–Trinajstić information content (AvgIpc) is 2.86. The van der Waals surface area contributed by atoms with Crippen molar-refractivity contribution in [2.24, 2.45) is 5.92 Å². The minimum Gasteiger partial charge on any atom is -0.481 e. The number of nitrogens with zero attached hydrogens (tertiary/aromatic N) is 3. The predicted molar refractivity (Wildman–Crippen MR) is 74.4 cm³/mol. The molecule has 1 saturated carbocycles. The first-order valence-electron chi connectivity index (χ1n) is 7.46. The fraction of sp³-hybridized carbons (Fsp3) is 0.733. The van der Waals surface area contributed by atoms with Gasteiger partial charge in [0.1, 0.15) is 6.33 Å². The first-order chi connectivity index (χ1) is 9.36. The number of aromatic nitrogens is 2. The van der Waals surface area contributed by atoms with Crippen LogP contribution in [0.1, 0.15) is 36.9 Å². The summed E-state index contributed by atoms with van der Waals surface area (Å²) < 4.78 is 5.37. The molecule has 0 bridgehead atoms. The zero-order chi connectivity index (χ0) is 13.1. The van der Waals surface area contributed by atoms with E-state index < -0.39 is 0 Å². The van der Waals surface area contributed by atoms with Gasteiger partial charge in [0, 0.05) is 31.6 Å². The molecule has 4 heteroatoms. The topological polar surface area (TPSA) is 38.3 Å². The van der Waals surface area contributed by atoms with Crippen LogP contribution in [0.15, 0.2) is 6.33 Å². The molecule has 1 aliphatic heterocycles. The summed E-state index contributed by atoms with van der Waals surface area (Å²) in [6, 6.07) is 0. The first kappa shape index (κ1) is 12.9. The van der Waals surface area contributed by atoms with Gasteiger partial charge in [-0.05, 0) is 25.2 Å². The molecule has 0 radical (unpaired) electrons. The number of rotatable bonds is 3. The van der Waals surface area contributed by atoms with Crippen LogP contribution in [0, 0.1) is 5.92 Å². The molecule has 4 nitrogen and oxygen atoms in total. The van der Waals surface area contributed by atoms with Gasteiger partial charge in [-0.25, -0.2) is 9.97 Å². The highest BCUT2D eigenvalue weighted by Gasteiger charge is 2.22. The van der Waals surface area contributed by atoms with E-state index in [1.165, 1.54) is 43.5 Å². The predicted octanol–water partition coefficient (Wildman–Crippen LogP) is 2.08. The molecule has 2 heterocycles. The maximum Gasteiger partial charge on any atom is 0.219 e. The second-order valence-corrected chi connectivity index (χ2v) is 5.76. The van der Waals surface area contributed by atoms with Crippen molar-refractivity contribution in [3.05, 3.63) is 17.6 Å². The molecule has 0 unspecified atom stereocenters. The number of ether oxygens (including phenoxy) is 1. The van der Waals surface area contributed by atoms with E-state index in [2.05, 4.69) is 14.9 Å². The Morgan fingerprint density at radius 3 is 2.79 bits per heavy atom. The van der Waals surface area contributed by atoms with Crippen molar-refractivity contribution < 1.29 is 4.74 Å². The molecule has 0 atom stereocenters. The summed E-state index contributed by atoms with van der Waals surface area (Å²) in [4.78, 5) is 11.3. The van der Waals surface area contributed by atoms with Crippen molar-refractivity contribution in [2.45, 2.75) is 38.5 Å². The minimum absolute atomic E-state index is 0.771. The van der Waals surface area contributed by atoms with Crippen LogP contribution < -0.4 is 4.74 Å². The van der Waals surface area contributed by atoms with Crippen molar-refractivity contribution >= 4 is 0 Å². The standard InChI is InChI=1S/C15H23N3O/c1-19-15-13-6-8-18(10-12-4-2-3-5-12)9-7-14(13)16-11-17-15/h11-12H,2-10H2,1H3. The molecule has 104 valence electrons. The fourth-order valence-corrected chi connectivity index (χ4v) is 3.46. The second kappa shape index (κ2) is 5.87. The van der Waals surface area contributed by atoms with Crippen molar-refractivity contribution in [2.75, 3.05) is 26.7 Å².